The fraction of sp³-hybridized carbons (Fsp3) is 0.333. The van der Waals surface area contributed by atoms with Crippen LogP contribution in [0.25, 0.3) is 6.08 Å². The van der Waals surface area contributed by atoms with Gasteiger partial charge in [0.2, 0.25) is 0 Å². The van der Waals surface area contributed by atoms with Gasteiger partial charge in [-0.25, -0.2) is 0 Å². The number of allylic oxidation sites excluding steroid dienone is 1. The van der Waals surface area contributed by atoms with Crippen LogP contribution in [0.3, 0.4) is 0 Å². The summed E-state index contributed by atoms with van der Waals surface area (Å²) in [6.45, 7) is 8.56. The number of hydrogen-bond donors (Lipinski definition) is 0. The summed E-state index contributed by atoms with van der Waals surface area (Å²) >= 11 is 0. The molecule has 0 saturated carbocycles. The fourth-order valence-corrected chi connectivity index (χ4v) is 1.34. The highest BCUT2D eigenvalue weighted by atomic mass is 14.0. The molecule has 0 bridgehead atoms. The van der Waals surface area contributed by atoms with E-state index in [1.807, 2.05) is 0 Å². The van der Waals surface area contributed by atoms with E-state index < -0.39 is 0 Å². The van der Waals surface area contributed by atoms with Gasteiger partial charge in [-0.3, -0.25) is 0 Å². The molecule has 0 aliphatic rings. The molecule has 12 heavy (non-hydrogen) atoms. The van der Waals surface area contributed by atoms with Crippen molar-refractivity contribution in [1.29, 1.82) is 0 Å². The third-order valence-corrected chi connectivity index (χ3v) is 2.45. The van der Waals surface area contributed by atoms with Crippen LogP contribution in [0.15, 0.2) is 18.2 Å². The predicted octanol–water partition coefficient (Wildman–Crippen LogP) is 3.64. The van der Waals surface area contributed by atoms with Gasteiger partial charge in [-0.05, 0) is 49.9 Å². The van der Waals surface area contributed by atoms with Crippen LogP contribution in [0.1, 0.15) is 29.2 Å². The number of hydrogen-bond acceptors (Lipinski definition) is 0. The molecule has 1 aromatic rings. The van der Waals surface area contributed by atoms with E-state index in [1.54, 1.807) is 0 Å². The van der Waals surface area contributed by atoms with Crippen LogP contribution in [0.4, 0.5) is 0 Å². The molecule has 0 spiro atoms. The standard InChI is InChI=1S/C12H16/c1-5-6-12-8-7-9(2)10(3)11(12)4/h5-8H,1-4H3/b6-5+. The maximum Gasteiger partial charge on any atom is -0.0228 e. The SMILES string of the molecule is C/C=C/c1ccc(C)c(C)c1C. The zero-order chi connectivity index (χ0) is 9.14. The van der Waals surface area contributed by atoms with Gasteiger partial charge in [0.15, 0.2) is 0 Å². The average Bonchev–Trinajstić information content (AvgIpc) is 2.07. The van der Waals surface area contributed by atoms with Gasteiger partial charge in [-0.1, -0.05) is 24.3 Å². The molecule has 0 aliphatic heterocycles. The van der Waals surface area contributed by atoms with E-state index in [9.17, 15) is 0 Å². The van der Waals surface area contributed by atoms with Gasteiger partial charge in [-0.15, -0.1) is 0 Å². The van der Waals surface area contributed by atoms with E-state index in [2.05, 4.69) is 52.0 Å². The molecule has 0 atom stereocenters. The lowest BCUT2D eigenvalue weighted by Crippen LogP contribution is -1.89. The molecular formula is C12H16. The fourth-order valence-electron chi connectivity index (χ4n) is 1.34. The summed E-state index contributed by atoms with van der Waals surface area (Å²) in [5, 5.41) is 0. The second-order valence-corrected chi connectivity index (χ2v) is 3.22. The lowest BCUT2D eigenvalue weighted by Gasteiger charge is -2.07. The van der Waals surface area contributed by atoms with Crippen molar-refractivity contribution in [1.82, 2.24) is 0 Å². The highest BCUT2D eigenvalue weighted by Crippen LogP contribution is 2.17. The Kier molecular flexibility index (Phi) is 2.69. The lowest BCUT2D eigenvalue weighted by molar-refractivity contribution is 1.26. The van der Waals surface area contributed by atoms with Crippen LogP contribution in [0.5, 0.6) is 0 Å². The van der Waals surface area contributed by atoms with E-state index >= 15 is 0 Å². The molecule has 0 fully saturated rings. The van der Waals surface area contributed by atoms with E-state index in [-0.39, 0.29) is 0 Å². The lowest BCUT2D eigenvalue weighted by atomic mass is 9.99. The first-order valence-corrected chi connectivity index (χ1v) is 4.36. The van der Waals surface area contributed by atoms with Crippen molar-refractivity contribution < 1.29 is 0 Å². The highest BCUT2D eigenvalue weighted by molar-refractivity contribution is 5.56. The van der Waals surface area contributed by atoms with Gasteiger partial charge < -0.3 is 0 Å². The Morgan fingerprint density at radius 3 is 2.25 bits per heavy atom. The third kappa shape index (κ3) is 1.58. The van der Waals surface area contributed by atoms with E-state index in [0.717, 1.165) is 0 Å². The number of benzene rings is 1. The van der Waals surface area contributed by atoms with Gasteiger partial charge in [-0.2, -0.15) is 0 Å². The summed E-state index contributed by atoms with van der Waals surface area (Å²) < 4.78 is 0. The second-order valence-electron chi connectivity index (χ2n) is 3.22. The molecular weight excluding hydrogens is 144 g/mol. The van der Waals surface area contributed by atoms with Crippen molar-refractivity contribution >= 4 is 6.08 Å². The summed E-state index contributed by atoms with van der Waals surface area (Å²) in [6, 6.07) is 4.36. The summed E-state index contributed by atoms with van der Waals surface area (Å²) in [5.41, 5.74) is 5.51. The van der Waals surface area contributed by atoms with Crippen LogP contribution in [-0.2, 0) is 0 Å². The Morgan fingerprint density at radius 2 is 1.67 bits per heavy atom. The number of aryl methyl sites for hydroxylation is 1. The molecule has 0 nitrogen and oxygen atoms in total. The Balaban J connectivity index is 3.26. The molecule has 1 aromatic carbocycles. The Hall–Kier alpha value is -1.04. The van der Waals surface area contributed by atoms with Crippen LogP contribution in [0, 0.1) is 20.8 Å². The Morgan fingerprint density at radius 1 is 1.00 bits per heavy atom. The van der Waals surface area contributed by atoms with Crippen LogP contribution < -0.4 is 0 Å². The van der Waals surface area contributed by atoms with Crippen molar-refractivity contribution in [2.45, 2.75) is 27.7 Å². The molecule has 0 heterocycles. The summed E-state index contributed by atoms with van der Waals surface area (Å²) in [5.74, 6) is 0. The van der Waals surface area contributed by atoms with Gasteiger partial charge >= 0.3 is 0 Å². The van der Waals surface area contributed by atoms with Crippen molar-refractivity contribution in [3.05, 3.63) is 40.5 Å². The van der Waals surface area contributed by atoms with Gasteiger partial charge in [0.05, 0.1) is 0 Å². The first kappa shape index (κ1) is 9.05. The monoisotopic (exact) mass is 160 g/mol. The minimum absolute atomic E-state index is 1.33. The Labute approximate surface area is 74.9 Å². The van der Waals surface area contributed by atoms with E-state index in [1.165, 1.54) is 22.3 Å². The van der Waals surface area contributed by atoms with Crippen molar-refractivity contribution in [2.24, 2.45) is 0 Å². The topological polar surface area (TPSA) is 0 Å². The minimum atomic E-state index is 1.33. The molecule has 0 heteroatoms. The second kappa shape index (κ2) is 3.57. The molecule has 64 valence electrons. The first-order valence-electron chi connectivity index (χ1n) is 4.36. The third-order valence-electron chi connectivity index (χ3n) is 2.45. The molecule has 0 radical (unpaired) electrons. The zero-order valence-corrected chi connectivity index (χ0v) is 8.31. The quantitative estimate of drug-likeness (QED) is 0.588. The maximum atomic E-state index is 2.18. The van der Waals surface area contributed by atoms with Crippen molar-refractivity contribution in [3.63, 3.8) is 0 Å². The normalized spacial score (nSPS) is 11.0. The molecule has 0 aliphatic carbocycles. The van der Waals surface area contributed by atoms with Crippen LogP contribution in [0.2, 0.25) is 0 Å². The summed E-state index contributed by atoms with van der Waals surface area (Å²) in [4.78, 5) is 0. The van der Waals surface area contributed by atoms with E-state index in [4.69, 9.17) is 0 Å². The molecule has 0 saturated heterocycles. The van der Waals surface area contributed by atoms with Crippen molar-refractivity contribution in [2.75, 3.05) is 0 Å². The van der Waals surface area contributed by atoms with Crippen LogP contribution >= 0.6 is 0 Å². The van der Waals surface area contributed by atoms with Crippen LogP contribution in [-0.4, -0.2) is 0 Å². The molecule has 0 aromatic heterocycles. The van der Waals surface area contributed by atoms with Gasteiger partial charge in [0.1, 0.15) is 0 Å². The molecule has 0 unspecified atom stereocenters. The number of rotatable bonds is 1. The zero-order valence-electron chi connectivity index (χ0n) is 8.31. The molecule has 1 rings (SSSR count). The predicted molar refractivity (Wildman–Crippen MR) is 55.4 cm³/mol. The molecule has 0 N–H and O–H groups in total. The summed E-state index contributed by atoms with van der Waals surface area (Å²) in [6.07, 6.45) is 4.23. The van der Waals surface area contributed by atoms with Crippen molar-refractivity contribution in [3.8, 4) is 0 Å². The van der Waals surface area contributed by atoms with Gasteiger partial charge in [0.25, 0.3) is 0 Å². The largest absolute Gasteiger partial charge is 0.0871 e. The molecule has 0 amide bonds. The van der Waals surface area contributed by atoms with E-state index in [0.29, 0.717) is 0 Å². The smallest absolute Gasteiger partial charge is 0.0228 e. The average molecular weight is 160 g/mol. The maximum absolute atomic E-state index is 2.18. The Bertz CT molecular complexity index is 306. The first-order chi connectivity index (χ1) is 5.66. The summed E-state index contributed by atoms with van der Waals surface area (Å²) in [7, 11) is 0. The van der Waals surface area contributed by atoms with Gasteiger partial charge in [0, 0.05) is 0 Å². The minimum Gasteiger partial charge on any atom is -0.0871 e. The highest BCUT2D eigenvalue weighted by Gasteiger charge is 1.99.